The number of nitrogens with zero attached hydrogens (tertiary/aromatic N) is 1. The van der Waals surface area contributed by atoms with E-state index >= 15 is 0 Å². The van der Waals surface area contributed by atoms with Crippen LogP contribution in [0.5, 0.6) is 11.5 Å². The molecule has 120 valence electrons. The second kappa shape index (κ2) is 6.90. The highest BCUT2D eigenvalue weighted by atomic mass is 79.9. The minimum atomic E-state index is 0.263. The van der Waals surface area contributed by atoms with E-state index in [1.54, 1.807) is 6.07 Å². The molecule has 0 amide bonds. The molecule has 3 rings (SSSR count). The third-order valence-corrected chi connectivity index (χ3v) is 4.56. The van der Waals surface area contributed by atoms with Crippen molar-refractivity contribution >= 4 is 50.7 Å². The summed E-state index contributed by atoms with van der Waals surface area (Å²) in [5.74, 6) is 2.03. The van der Waals surface area contributed by atoms with Gasteiger partial charge in [-0.05, 0) is 58.8 Å². The molecule has 23 heavy (non-hydrogen) atoms. The lowest BCUT2D eigenvalue weighted by Gasteiger charge is -2.12. The van der Waals surface area contributed by atoms with Gasteiger partial charge < -0.3 is 20.1 Å². The predicted octanol–water partition coefficient (Wildman–Crippen LogP) is 4.02. The Bertz CT molecular complexity index is 773. The molecule has 2 heterocycles. The van der Waals surface area contributed by atoms with Crippen LogP contribution in [0, 0.1) is 6.92 Å². The van der Waals surface area contributed by atoms with Crippen molar-refractivity contribution in [2.24, 2.45) is 0 Å². The fourth-order valence-electron chi connectivity index (χ4n) is 2.03. The van der Waals surface area contributed by atoms with E-state index in [1.807, 2.05) is 25.1 Å². The molecule has 1 aliphatic heterocycles. The first kappa shape index (κ1) is 16.3. The second-order valence-corrected chi connectivity index (χ2v) is 6.55. The lowest BCUT2D eigenvalue weighted by Crippen LogP contribution is -2.28. The van der Waals surface area contributed by atoms with Gasteiger partial charge in [0.05, 0.1) is 10.7 Å². The maximum Gasteiger partial charge on any atom is 0.231 e. The second-order valence-electron chi connectivity index (χ2n) is 4.88. The van der Waals surface area contributed by atoms with Crippen molar-refractivity contribution in [3.63, 3.8) is 0 Å². The molecule has 0 saturated heterocycles. The molecule has 0 radical (unpaired) electrons. The van der Waals surface area contributed by atoms with E-state index in [1.165, 1.54) is 0 Å². The number of fused-ring (bicyclic) bond motifs is 1. The summed E-state index contributed by atoms with van der Waals surface area (Å²) < 4.78 is 11.5. The fourth-order valence-corrected chi connectivity index (χ4v) is 2.85. The molecule has 1 aliphatic rings. The Labute approximate surface area is 152 Å². The zero-order chi connectivity index (χ0) is 16.4. The van der Waals surface area contributed by atoms with Gasteiger partial charge in [0.1, 0.15) is 0 Å². The number of hydrogen-bond donors (Lipinski definition) is 2. The van der Waals surface area contributed by atoms with Crippen LogP contribution in [0.15, 0.2) is 28.7 Å². The van der Waals surface area contributed by atoms with Crippen molar-refractivity contribution in [3.05, 3.63) is 45.0 Å². The van der Waals surface area contributed by atoms with Gasteiger partial charge in [0.25, 0.3) is 0 Å². The summed E-state index contributed by atoms with van der Waals surface area (Å²) in [6.07, 6.45) is 0. The Morgan fingerprint density at radius 3 is 2.96 bits per heavy atom. The normalized spacial score (nSPS) is 12.1. The number of rotatable bonds is 3. The van der Waals surface area contributed by atoms with E-state index in [2.05, 4.69) is 31.5 Å². The minimum Gasteiger partial charge on any atom is -0.454 e. The first-order valence-electron chi connectivity index (χ1n) is 6.79. The van der Waals surface area contributed by atoms with Crippen molar-refractivity contribution in [2.75, 3.05) is 12.1 Å². The molecule has 2 N–H and O–H groups in total. The number of hydrogen-bond acceptors (Lipinski definition) is 4. The molecular formula is C15H13BrClN3O2S. The maximum atomic E-state index is 6.15. The molecule has 8 heteroatoms. The van der Waals surface area contributed by atoms with Gasteiger partial charge in [0, 0.05) is 11.0 Å². The Balaban J connectivity index is 1.61. The van der Waals surface area contributed by atoms with Crippen LogP contribution >= 0.6 is 39.7 Å². The van der Waals surface area contributed by atoms with Gasteiger partial charge >= 0.3 is 0 Å². The fraction of sp³-hybridized carbons (Fsp3) is 0.200. The average Bonchev–Trinajstić information content (AvgIpc) is 2.98. The Morgan fingerprint density at radius 2 is 2.13 bits per heavy atom. The number of aryl methyl sites for hydroxylation is 1. The van der Waals surface area contributed by atoms with Gasteiger partial charge in [-0.25, -0.2) is 4.98 Å². The van der Waals surface area contributed by atoms with E-state index in [9.17, 15) is 0 Å². The molecule has 0 bridgehead atoms. The van der Waals surface area contributed by atoms with Crippen LogP contribution in [0.25, 0.3) is 0 Å². The summed E-state index contributed by atoms with van der Waals surface area (Å²) in [6, 6.07) is 7.55. The van der Waals surface area contributed by atoms with Gasteiger partial charge in [-0.1, -0.05) is 17.7 Å². The molecule has 2 aromatic rings. The molecular weight excluding hydrogens is 402 g/mol. The number of nitrogens with one attached hydrogen (secondary N) is 2. The van der Waals surface area contributed by atoms with Crippen molar-refractivity contribution in [1.29, 1.82) is 0 Å². The third kappa shape index (κ3) is 3.85. The first-order chi connectivity index (χ1) is 11.0. The minimum absolute atomic E-state index is 0.263. The zero-order valence-corrected chi connectivity index (χ0v) is 15.3. The van der Waals surface area contributed by atoms with E-state index in [0.29, 0.717) is 22.5 Å². The van der Waals surface area contributed by atoms with Gasteiger partial charge in [0.15, 0.2) is 22.4 Å². The van der Waals surface area contributed by atoms with Crippen LogP contribution in [0.3, 0.4) is 0 Å². The Hall–Kier alpha value is -1.57. The van der Waals surface area contributed by atoms with E-state index < -0.39 is 0 Å². The molecule has 0 spiro atoms. The number of anilines is 1. The molecule has 5 nitrogen and oxygen atoms in total. The smallest absolute Gasteiger partial charge is 0.231 e. The molecule has 0 unspecified atom stereocenters. The number of aromatic nitrogens is 1. The van der Waals surface area contributed by atoms with Crippen LogP contribution in [0.4, 0.5) is 5.82 Å². The maximum absolute atomic E-state index is 6.15. The third-order valence-electron chi connectivity index (χ3n) is 3.23. The summed E-state index contributed by atoms with van der Waals surface area (Å²) >= 11 is 14.8. The molecule has 0 atom stereocenters. The first-order valence-corrected chi connectivity index (χ1v) is 8.37. The van der Waals surface area contributed by atoms with Crippen molar-refractivity contribution < 1.29 is 9.47 Å². The van der Waals surface area contributed by atoms with Crippen LogP contribution < -0.4 is 20.1 Å². The van der Waals surface area contributed by atoms with Gasteiger partial charge in [-0.2, -0.15) is 0 Å². The van der Waals surface area contributed by atoms with Gasteiger partial charge in [-0.15, -0.1) is 0 Å². The monoisotopic (exact) mass is 413 g/mol. The summed E-state index contributed by atoms with van der Waals surface area (Å²) in [6.45, 7) is 2.70. The summed E-state index contributed by atoms with van der Waals surface area (Å²) in [7, 11) is 0. The highest BCUT2D eigenvalue weighted by Gasteiger charge is 2.13. The molecule has 1 aromatic heterocycles. The van der Waals surface area contributed by atoms with Crippen LogP contribution in [0.2, 0.25) is 5.02 Å². The van der Waals surface area contributed by atoms with E-state index in [4.69, 9.17) is 33.3 Å². The highest BCUT2D eigenvalue weighted by molar-refractivity contribution is 9.10. The van der Waals surface area contributed by atoms with Crippen molar-refractivity contribution in [1.82, 2.24) is 10.3 Å². The Morgan fingerprint density at radius 1 is 1.35 bits per heavy atom. The number of ether oxygens (including phenoxy) is 2. The Kier molecular flexibility index (Phi) is 4.89. The molecule has 0 fully saturated rings. The zero-order valence-electron chi connectivity index (χ0n) is 12.2. The summed E-state index contributed by atoms with van der Waals surface area (Å²) in [5, 5.41) is 7.05. The van der Waals surface area contributed by atoms with Crippen LogP contribution in [0.1, 0.15) is 11.3 Å². The van der Waals surface area contributed by atoms with E-state index in [-0.39, 0.29) is 6.79 Å². The highest BCUT2D eigenvalue weighted by Crippen LogP contribution is 2.32. The van der Waals surface area contributed by atoms with Crippen LogP contribution in [-0.4, -0.2) is 16.9 Å². The van der Waals surface area contributed by atoms with Crippen molar-refractivity contribution in [2.45, 2.75) is 13.5 Å². The molecule has 0 saturated carbocycles. The summed E-state index contributed by atoms with van der Waals surface area (Å²) in [4.78, 5) is 4.36. The lowest BCUT2D eigenvalue weighted by molar-refractivity contribution is 0.174. The largest absolute Gasteiger partial charge is 0.454 e. The molecule has 0 aliphatic carbocycles. The number of benzene rings is 1. The van der Waals surface area contributed by atoms with E-state index in [0.717, 1.165) is 27.2 Å². The lowest BCUT2D eigenvalue weighted by atomic mass is 10.2. The number of thiocarbonyl (C=S) groups is 1. The number of halogens is 2. The molecule has 1 aromatic carbocycles. The summed E-state index contributed by atoms with van der Waals surface area (Å²) in [5.41, 5.74) is 1.86. The SMILES string of the molecule is Cc1nc(NC(=S)NCc2ccc3c(c2)OCO3)c(Cl)cc1Br. The average molecular weight is 415 g/mol. The quantitative estimate of drug-likeness (QED) is 0.740. The standard InChI is InChI=1S/C15H13BrClN3O2S/c1-8-10(16)5-11(17)14(19-8)20-15(23)18-6-9-2-3-12-13(4-9)22-7-21-12/h2-5H,6-7H2,1H3,(H2,18,19,20,23). The van der Waals surface area contributed by atoms with Gasteiger partial charge in [-0.3, -0.25) is 0 Å². The van der Waals surface area contributed by atoms with Gasteiger partial charge in [0.2, 0.25) is 6.79 Å². The topological polar surface area (TPSA) is 55.4 Å². The van der Waals surface area contributed by atoms with Crippen molar-refractivity contribution in [3.8, 4) is 11.5 Å². The number of pyridine rings is 1. The predicted molar refractivity (Wildman–Crippen MR) is 97.3 cm³/mol. The van der Waals surface area contributed by atoms with Crippen LogP contribution in [-0.2, 0) is 6.54 Å².